The van der Waals surface area contributed by atoms with E-state index in [1.54, 1.807) is 7.11 Å². The van der Waals surface area contributed by atoms with Crippen molar-refractivity contribution in [3.8, 4) is 5.75 Å². The van der Waals surface area contributed by atoms with Gasteiger partial charge in [0.15, 0.2) is 0 Å². The molecule has 0 aromatic heterocycles. The zero-order chi connectivity index (χ0) is 15.5. The summed E-state index contributed by atoms with van der Waals surface area (Å²) in [5.74, 6) is 0.910. The molecule has 0 fully saturated rings. The molecule has 120 valence electrons. The lowest BCUT2D eigenvalue weighted by Gasteiger charge is -2.25. The van der Waals surface area contributed by atoms with Gasteiger partial charge in [-0.25, -0.2) is 0 Å². The predicted octanol–water partition coefficient (Wildman–Crippen LogP) is 2.70. The molecule has 1 unspecified atom stereocenters. The van der Waals surface area contributed by atoms with Crippen LogP contribution in [0, 0.1) is 0 Å². The maximum Gasteiger partial charge on any atom is 0.119 e. The first-order chi connectivity index (χ1) is 10.2. The summed E-state index contributed by atoms with van der Waals surface area (Å²) in [5, 5.41) is 3.62. The lowest BCUT2D eigenvalue weighted by molar-refractivity contribution is 0.119. The molecule has 0 saturated heterocycles. The molecule has 0 saturated carbocycles. The van der Waals surface area contributed by atoms with Crippen LogP contribution in [0.4, 0.5) is 0 Å². The van der Waals surface area contributed by atoms with Crippen LogP contribution in [0.2, 0.25) is 0 Å². The minimum atomic E-state index is 0.312. The number of nitrogens with zero attached hydrogens (tertiary/aromatic N) is 1. The molecule has 1 aromatic carbocycles. The maximum atomic E-state index is 5.43. The fourth-order valence-corrected chi connectivity index (χ4v) is 2.23. The summed E-state index contributed by atoms with van der Waals surface area (Å²) in [6.45, 7) is 8.70. The maximum absolute atomic E-state index is 5.43. The molecule has 0 aliphatic heterocycles. The summed E-state index contributed by atoms with van der Waals surface area (Å²) in [7, 11) is 3.85. The molecule has 0 spiro atoms. The zero-order valence-corrected chi connectivity index (χ0v) is 13.9. The number of hydrogen-bond donors (Lipinski definition) is 1. The molecule has 21 heavy (non-hydrogen) atoms. The second-order valence-electron chi connectivity index (χ2n) is 5.24. The van der Waals surface area contributed by atoms with Crippen LogP contribution in [0.3, 0.4) is 0 Å². The van der Waals surface area contributed by atoms with Gasteiger partial charge in [-0.2, -0.15) is 0 Å². The molecular formula is C17H30N2O2. The van der Waals surface area contributed by atoms with Crippen LogP contribution in [-0.2, 0) is 4.74 Å². The lowest BCUT2D eigenvalue weighted by Crippen LogP contribution is -2.35. The highest BCUT2D eigenvalue weighted by Crippen LogP contribution is 2.20. The standard InChI is InChI=1S/C17H30N2O2/c1-5-10-18-17(14-19(3)11-12-21-6-2)15-8-7-9-16(13-15)20-4/h7-9,13,17-18H,5-6,10-12,14H2,1-4H3. The van der Waals surface area contributed by atoms with Crippen molar-refractivity contribution in [2.75, 3.05) is 47.0 Å². The Bertz CT molecular complexity index is 385. The van der Waals surface area contributed by atoms with Crippen LogP contribution in [-0.4, -0.2) is 51.9 Å². The van der Waals surface area contributed by atoms with Gasteiger partial charge in [-0.05, 0) is 44.6 Å². The van der Waals surface area contributed by atoms with Crippen LogP contribution in [0.5, 0.6) is 5.75 Å². The molecule has 4 nitrogen and oxygen atoms in total. The van der Waals surface area contributed by atoms with Crippen molar-refractivity contribution in [1.82, 2.24) is 10.2 Å². The highest BCUT2D eigenvalue weighted by Gasteiger charge is 2.14. The van der Waals surface area contributed by atoms with E-state index in [2.05, 4.69) is 42.4 Å². The second-order valence-corrected chi connectivity index (χ2v) is 5.24. The quantitative estimate of drug-likeness (QED) is 0.636. The molecule has 1 rings (SSSR count). The zero-order valence-electron chi connectivity index (χ0n) is 13.9. The summed E-state index contributed by atoms with van der Waals surface area (Å²) < 4.78 is 10.8. The molecule has 0 radical (unpaired) electrons. The second kappa shape index (κ2) is 10.6. The SMILES string of the molecule is CCCNC(CN(C)CCOCC)c1cccc(OC)c1. The van der Waals surface area contributed by atoms with Gasteiger partial charge in [-0.3, -0.25) is 0 Å². The number of rotatable bonds is 11. The van der Waals surface area contributed by atoms with Crippen LogP contribution in [0.15, 0.2) is 24.3 Å². The summed E-state index contributed by atoms with van der Waals surface area (Å²) in [6.07, 6.45) is 1.13. The predicted molar refractivity (Wildman–Crippen MR) is 88.0 cm³/mol. The van der Waals surface area contributed by atoms with Gasteiger partial charge in [0.05, 0.1) is 13.7 Å². The van der Waals surface area contributed by atoms with Crippen LogP contribution in [0.1, 0.15) is 31.9 Å². The first-order valence-corrected chi connectivity index (χ1v) is 7.84. The van der Waals surface area contributed by atoms with E-state index in [1.807, 2.05) is 13.0 Å². The minimum absolute atomic E-state index is 0.312. The molecule has 0 heterocycles. The van der Waals surface area contributed by atoms with E-state index in [9.17, 15) is 0 Å². The summed E-state index contributed by atoms with van der Waals surface area (Å²) in [5.41, 5.74) is 1.27. The number of ether oxygens (including phenoxy) is 2. The Balaban J connectivity index is 2.65. The molecule has 0 amide bonds. The summed E-state index contributed by atoms with van der Waals surface area (Å²) >= 11 is 0. The molecule has 1 N–H and O–H groups in total. The molecule has 0 aliphatic rings. The largest absolute Gasteiger partial charge is 0.497 e. The van der Waals surface area contributed by atoms with Gasteiger partial charge in [-0.1, -0.05) is 19.1 Å². The fraction of sp³-hybridized carbons (Fsp3) is 0.647. The van der Waals surface area contributed by atoms with Gasteiger partial charge in [0.25, 0.3) is 0 Å². The van der Waals surface area contributed by atoms with Crippen molar-refractivity contribution in [1.29, 1.82) is 0 Å². The Labute approximate surface area is 129 Å². The van der Waals surface area contributed by atoms with Gasteiger partial charge in [0.2, 0.25) is 0 Å². The van der Waals surface area contributed by atoms with Crippen LogP contribution >= 0.6 is 0 Å². The first kappa shape index (κ1) is 18.0. The number of hydrogen-bond acceptors (Lipinski definition) is 4. The Morgan fingerprint density at radius 3 is 2.76 bits per heavy atom. The van der Waals surface area contributed by atoms with E-state index >= 15 is 0 Å². The third-order valence-electron chi connectivity index (χ3n) is 3.45. The summed E-state index contributed by atoms with van der Waals surface area (Å²) in [6, 6.07) is 8.62. The van der Waals surface area contributed by atoms with Crippen LogP contribution < -0.4 is 10.1 Å². The topological polar surface area (TPSA) is 33.7 Å². The van der Waals surface area contributed by atoms with Gasteiger partial charge < -0.3 is 19.7 Å². The summed E-state index contributed by atoms with van der Waals surface area (Å²) in [4.78, 5) is 2.31. The van der Waals surface area contributed by atoms with E-state index < -0.39 is 0 Å². The van der Waals surface area contributed by atoms with Gasteiger partial charge in [-0.15, -0.1) is 0 Å². The van der Waals surface area contributed by atoms with Crippen molar-refractivity contribution >= 4 is 0 Å². The molecule has 0 bridgehead atoms. The number of methoxy groups -OCH3 is 1. The molecule has 0 aliphatic carbocycles. The average Bonchev–Trinajstić information content (AvgIpc) is 2.51. The van der Waals surface area contributed by atoms with E-state index in [0.717, 1.165) is 45.0 Å². The Morgan fingerprint density at radius 1 is 1.29 bits per heavy atom. The van der Waals surface area contributed by atoms with Crippen molar-refractivity contribution in [2.24, 2.45) is 0 Å². The van der Waals surface area contributed by atoms with Crippen molar-refractivity contribution in [2.45, 2.75) is 26.3 Å². The van der Waals surface area contributed by atoms with Crippen LogP contribution in [0.25, 0.3) is 0 Å². The van der Waals surface area contributed by atoms with Crippen molar-refractivity contribution in [3.63, 3.8) is 0 Å². The molecule has 1 atom stereocenters. The third-order valence-corrected chi connectivity index (χ3v) is 3.45. The molecular weight excluding hydrogens is 264 g/mol. The highest BCUT2D eigenvalue weighted by atomic mass is 16.5. The highest BCUT2D eigenvalue weighted by molar-refractivity contribution is 5.30. The van der Waals surface area contributed by atoms with Crippen molar-refractivity contribution in [3.05, 3.63) is 29.8 Å². The molecule has 1 aromatic rings. The normalized spacial score (nSPS) is 12.6. The monoisotopic (exact) mass is 294 g/mol. The number of benzene rings is 1. The Morgan fingerprint density at radius 2 is 2.10 bits per heavy atom. The van der Waals surface area contributed by atoms with Gasteiger partial charge in [0, 0.05) is 25.7 Å². The lowest BCUT2D eigenvalue weighted by atomic mass is 10.1. The Kier molecular flexibility index (Phi) is 9.06. The first-order valence-electron chi connectivity index (χ1n) is 7.84. The van der Waals surface area contributed by atoms with Gasteiger partial charge >= 0.3 is 0 Å². The van der Waals surface area contributed by atoms with E-state index in [0.29, 0.717) is 6.04 Å². The number of nitrogens with one attached hydrogen (secondary N) is 1. The van der Waals surface area contributed by atoms with E-state index in [1.165, 1.54) is 5.56 Å². The van der Waals surface area contributed by atoms with E-state index in [-0.39, 0.29) is 0 Å². The molecule has 4 heteroatoms. The Hall–Kier alpha value is -1.10. The average molecular weight is 294 g/mol. The van der Waals surface area contributed by atoms with E-state index in [4.69, 9.17) is 9.47 Å². The third kappa shape index (κ3) is 6.93. The number of likely N-dealkylation sites (N-methyl/N-ethyl adjacent to an activating group) is 1. The van der Waals surface area contributed by atoms with Crippen molar-refractivity contribution < 1.29 is 9.47 Å². The smallest absolute Gasteiger partial charge is 0.119 e. The fourth-order valence-electron chi connectivity index (χ4n) is 2.23. The minimum Gasteiger partial charge on any atom is -0.497 e. The van der Waals surface area contributed by atoms with Gasteiger partial charge in [0.1, 0.15) is 5.75 Å².